The molecular weight excluding hydrogens is 210 g/mol. The number of aliphatic carboxylic acids is 1. The zero-order valence-corrected chi connectivity index (χ0v) is 9.19. The minimum atomic E-state index is -0.973. The Bertz CT molecular complexity index is 487. The highest BCUT2D eigenvalue weighted by molar-refractivity contribution is 5.93. The summed E-state index contributed by atoms with van der Waals surface area (Å²) in [6.45, 7) is 3.10. The van der Waals surface area contributed by atoms with Gasteiger partial charge in [0.2, 0.25) is 0 Å². The molecule has 0 saturated carbocycles. The molecule has 0 bridgehead atoms. The van der Waals surface area contributed by atoms with E-state index in [1.165, 1.54) is 17.6 Å². The molecule has 1 aromatic rings. The first-order valence-corrected chi connectivity index (χ1v) is 4.86. The normalized spacial score (nSPS) is 10.1. The van der Waals surface area contributed by atoms with E-state index in [1.807, 2.05) is 0 Å². The summed E-state index contributed by atoms with van der Waals surface area (Å²) >= 11 is 0. The van der Waals surface area contributed by atoms with Crippen LogP contribution in [0.4, 0.5) is 0 Å². The lowest BCUT2D eigenvalue weighted by Crippen LogP contribution is -2.28. The number of rotatable bonds is 4. The van der Waals surface area contributed by atoms with Crippen molar-refractivity contribution in [3.8, 4) is 0 Å². The highest BCUT2D eigenvalue weighted by Gasteiger charge is 2.10. The molecule has 0 aliphatic carbocycles. The topological polar surface area (TPSA) is 76.4 Å². The molecule has 1 N–H and O–H groups in total. The van der Waals surface area contributed by atoms with Crippen molar-refractivity contribution in [3.05, 3.63) is 33.7 Å². The molecule has 0 unspecified atom stereocenters. The second-order valence-corrected chi connectivity index (χ2v) is 3.55. The van der Waals surface area contributed by atoms with Gasteiger partial charge in [0.15, 0.2) is 5.78 Å². The van der Waals surface area contributed by atoms with Gasteiger partial charge in [-0.2, -0.15) is 0 Å². The number of carboxylic acids is 1. The quantitative estimate of drug-likeness (QED) is 0.767. The number of pyridine rings is 1. The Kier molecular flexibility index (Phi) is 3.60. The third-order valence-corrected chi connectivity index (χ3v) is 2.32. The van der Waals surface area contributed by atoms with Crippen LogP contribution in [0.1, 0.15) is 29.4 Å². The van der Waals surface area contributed by atoms with Crippen molar-refractivity contribution in [2.24, 2.45) is 0 Å². The van der Waals surface area contributed by atoms with Crippen LogP contribution in [0.2, 0.25) is 0 Å². The van der Waals surface area contributed by atoms with Crippen molar-refractivity contribution >= 4 is 11.8 Å². The molecule has 16 heavy (non-hydrogen) atoms. The molecule has 86 valence electrons. The Balaban J connectivity index is 3.16. The number of ketones is 1. The number of hydrogen-bond donors (Lipinski definition) is 1. The molecule has 1 rings (SSSR count). The number of aromatic nitrogens is 1. The van der Waals surface area contributed by atoms with Gasteiger partial charge in [0, 0.05) is 12.2 Å². The zero-order chi connectivity index (χ0) is 12.3. The van der Waals surface area contributed by atoms with Crippen LogP contribution in [0.5, 0.6) is 0 Å². The fraction of sp³-hybridized carbons (Fsp3) is 0.364. The van der Waals surface area contributed by atoms with Crippen LogP contribution in [-0.4, -0.2) is 21.4 Å². The number of nitrogens with zero attached hydrogens (tertiary/aromatic N) is 1. The summed E-state index contributed by atoms with van der Waals surface area (Å²) in [4.78, 5) is 33.4. The predicted octanol–water partition coefficient (Wildman–Crippen LogP) is 0.834. The number of carbonyl (C=O) groups is 2. The molecule has 0 aliphatic heterocycles. The molecule has 0 saturated heterocycles. The maximum Gasteiger partial charge on any atom is 0.305 e. The lowest BCUT2D eigenvalue weighted by atomic mass is 10.2. The molecule has 5 nitrogen and oxygen atoms in total. The molecule has 1 aromatic heterocycles. The maximum atomic E-state index is 11.8. The number of aryl methyl sites for hydroxylation is 1. The van der Waals surface area contributed by atoms with Crippen molar-refractivity contribution in [3.63, 3.8) is 0 Å². The second kappa shape index (κ2) is 4.74. The zero-order valence-electron chi connectivity index (χ0n) is 9.19. The fourth-order valence-electron chi connectivity index (χ4n) is 1.42. The van der Waals surface area contributed by atoms with Crippen LogP contribution < -0.4 is 5.56 Å². The van der Waals surface area contributed by atoms with Crippen molar-refractivity contribution in [2.45, 2.75) is 26.8 Å². The lowest BCUT2D eigenvalue weighted by Gasteiger charge is -2.09. The summed E-state index contributed by atoms with van der Waals surface area (Å²) in [6, 6.07) is 3.11. The molecule has 0 amide bonds. The van der Waals surface area contributed by atoms with Gasteiger partial charge >= 0.3 is 5.97 Å². The van der Waals surface area contributed by atoms with Gasteiger partial charge in [0.25, 0.3) is 5.56 Å². The van der Waals surface area contributed by atoms with E-state index >= 15 is 0 Å². The highest BCUT2D eigenvalue weighted by Crippen LogP contribution is 2.00. The minimum absolute atomic E-state index is 0.0844. The molecule has 0 atom stereocenters. The van der Waals surface area contributed by atoms with Crippen molar-refractivity contribution < 1.29 is 14.7 Å². The number of Topliss-reactive ketones (excluding diaryl/α,β-unsaturated/α-hetero) is 1. The van der Waals surface area contributed by atoms with Gasteiger partial charge in [0.05, 0.1) is 12.0 Å². The second-order valence-electron chi connectivity index (χ2n) is 3.55. The smallest absolute Gasteiger partial charge is 0.305 e. The van der Waals surface area contributed by atoms with Crippen LogP contribution in [0.15, 0.2) is 16.9 Å². The Morgan fingerprint density at radius 1 is 1.38 bits per heavy atom. The molecule has 1 heterocycles. The first-order valence-electron chi connectivity index (χ1n) is 4.86. The third-order valence-electron chi connectivity index (χ3n) is 2.32. The van der Waals surface area contributed by atoms with Gasteiger partial charge in [-0.25, -0.2) is 0 Å². The van der Waals surface area contributed by atoms with Crippen LogP contribution in [0.3, 0.4) is 0 Å². The van der Waals surface area contributed by atoms with Gasteiger partial charge in [0.1, 0.15) is 0 Å². The van der Waals surface area contributed by atoms with Crippen molar-refractivity contribution in [1.82, 2.24) is 4.57 Å². The van der Waals surface area contributed by atoms with E-state index in [4.69, 9.17) is 5.11 Å². The van der Waals surface area contributed by atoms with E-state index in [2.05, 4.69) is 0 Å². The maximum absolute atomic E-state index is 11.8. The standard InChI is InChI=1S/C11H13NO4/c1-7-3-4-9(8(2)13)11(16)12(7)6-5-10(14)15/h3-4H,5-6H2,1-2H3,(H,14,15). The Hall–Kier alpha value is -1.91. The SMILES string of the molecule is CC(=O)c1ccc(C)n(CCC(=O)O)c1=O. The third kappa shape index (κ3) is 2.56. The van der Waals surface area contributed by atoms with E-state index < -0.39 is 11.5 Å². The van der Waals surface area contributed by atoms with Gasteiger partial charge in [-0.05, 0) is 26.0 Å². The number of carboxylic acid groups (broad SMARTS) is 1. The predicted molar refractivity (Wildman–Crippen MR) is 57.7 cm³/mol. The molecule has 0 aromatic carbocycles. The Morgan fingerprint density at radius 3 is 2.50 bits per heavy atom. The van der Waals surface area contributed by atoms with E-state index in [1.54, 1.807) is 13.0 Å². The first-order chi connectivity index (χ1) is 7.43. The van der Waals surface area contributed by atoms with Crippen LogP contribution in [-0.2, 0) is 11.3 Å². The highest BCUT2D eigenvalue weighted by atomic mass is 16.4. The molecule has 0 spiro atoms. The van der Waals surface area contributed by atoms with Gasteiger partial charge in [-0.1, -0.05) is 0 Å². The van der Waals surface area contributed by atoms with Gasteiger partial charge in [-0.15, -0.1) is 0 Å². The summed E-state index contributed by atoms with van der Waals surface area (Å²) in [5, 5.41) is 8.55. The monoisotopic (exact) mass is 223 g/mol. The van der Waals surface area contributed by atoms with Crippen LogP contribution >= 0.6 is 0 Å². The van der Waals surface area contributed by atoms with Crippen LogP contribution in [0.25, 0.3) is 0 Å². The summed E-state index contributed by atoms with van der Waals surface area (Å²) in [5.41, 5.74) is 0.320. The minimum Gasteiger partial charge on any atom is -0.481 e. The number of carbonyl (C=O) groups excluding carboxylic acids is 1. The van der Waals surface area contributed by atoms with E-state index in [-0.39, 0.29) is 24.3 Å². The molecule has 5 heteroatoms. The lowest BCUT2D eigenvalue weighted by molar-refractivity contribution is -0.137. The largest absolute Gasteiger partial charge is 0.481 e. The average molecular weight is 223 g/mol. The van der Waals surface area contributed by atoms with E-state index in [0.29, 0.717) is 5.69 Å². The fourth-order valence-corrected chi connectivity index (χ4v) is 1.42. The molecule has 0 radical (unpaired) electrons. The number of hydrogen-bond acceptors (Lipinski definition) is 3. The molecule has 0 aliphatic rings. The summed E-state index contributed by atoms with van der Waals surface area (Å²) in [6.07, 6.45) is -0.137. The summed E-state index contributed by atoms with van der Waals surface area (Å²) < 4.78 is 1.31. The van der Waals surface area contributed by atoms with E-state index in [9.17, 15) is 14.4 Å². The summed E-state index contributed by atoms with van der Waals surface area (Å²) in [7, 11) is 0. The average Bonchev–Trinajstić information content (AvgIpc) is 2.16. The van der Waals surface area contributed by atoms with Crippen LogP contribution in [0, 0.1) is 6.92 Å². The molecule has 0 fully saturated rings. The Morgan fingerprint density at radius 2 is 2.00 bits per heavy atom. The van der Waals surface area contributed by atoms with Gasteiger partial charge < -0.3 is 9.67 Å². The Labute approximate surface area is 92.3 Å². The first kappa shape index (κ1) is 12.2. The van der Waals surface area contributed by atoms with Gasteiger partial charge in [-0.3, -0.25) is 14.4 Å². The summed E-state index contributed by atoms with van der Waals surface area (Å²) in [5.74, 6) is -1.28. The van der Waals surface area contributed by atoms with Crippen molar-refractivity contribution in [2.75, 3.05) is 0 Å². The van der Waals surface area contributed by atoms with Crippen molar-refractivity contribution in [1.29, 1.82) is 0 Å². The molecular formula is C11H13NO4. The van der Waals surface area contributed by atoms with E-state index in [0.717, 1.165) is 0 Å².